The summed E-state index contributed by atoms with van der Waals surface area (Å²) in [6.07, 6.45) is 11.3. The van der Waals surface area contributed by atoms with Crippen LogP contribution in [-0.2, 0) is 14.4 Å². The molecule has 1 aliphatic heterocycles. The Balaban J connectivity index is 1.33. The highest BCUT2D eigenvalue weighted by atomic mass is 16.2. The molecule has 1 N–H and O–H groups in total. The molecule has 1 aromatic heterocycles. The molecule has 2 aliphatic carbocycles. The zero-order chi connectivity index (χ0) is 18.8. The zero-order valence-corrected chi connectivity index (χ0v) is 15.7. The highest BCUT2D eigenvalue weighted by molar-refractivity contribution is 6.05. The van der Waals surface area contributed by atoms with Crippen molar-refractivity contribution in [3.63, 3.8) is 0 Å². The van der Waals surface area contributed by atoms with Crippen LogP contribution in [0.15, 0.2) is 12.3 Å². The molecular weight excluding hydrogens is 344 g/mol. The van der Waals surface area contributed by atoms with E-state index in [0.29, 0.717) is 11.9 Å². The van der Waals surface area contributed by atoms with Gasteiger partial charge in [0, 0.05) is 19.0 Å². The summed E-state index contributed by atoms with van der Waals surface area (Å²) in [7, 11) is 0. The van der Waals surface area contributed by atoms with Gasteiger partial charge in [0.25, 0.3) is 0 Å². The summed E-state index contributed by atoms with van der Waals surface area (Å²) in [6, 6.07) is 2.15. The molecule has 2 saturated carbocycles. The van der Waals surface area contributed by atoms with Gasteiger partial charge in [0.2, 0.25) is 17.7 Å². The molecule has 27 heavy (non-hydrogen) atoms. The van der Waals surface area contributed by atoms with Gasteiger partial charge >= 0.3 is 0 Å². The molecule has 7 nitrogen and oxygen atoms in total. The van der Waals surface area contributed by atoms with Crippen LogP contribution in [0.5, 0.6) is 0 Å². The van der Waals surface area contributed by atoms with Crippen molar-refractivity contribution in [1.82, 2.24) is 14.7 Å². The molecule has 2 atom stereocenters. The van der Waals surface area contributed by atoms with Gasteiger partial charge in [-0.2, -0.15) is 5.10 Å². The minimum absolute atomic E-state index is 0.0789. The molecule has 0 aromatic carbocycles. The summed E-state index contributed by atoms with van der Waals surface area (Å²) in [6.45, 7) is 0.175. The van der Waals surface area contributed by atoms with Crippen LogP contribution in [0.4, 0.5) is 5.82 Å². The lowest BCUT2D eigenvalue weighted by Gasteiger charge is -2.24. The molecule has 3 fully saturated rings. The molecule has 3 amide bonds. The number of anilines is 1. The monoisotopic (exact) mass is 372 g/mol. The summed E-state index contributed by atoms with van der Waals surface area (Å²) in [5, 5.41) is 7.30. The normalized spacial score (nSPS) is 26.3. The van der Waals surface area contributed by atoms with Crippen molar-refractivity contribution in [2.45, 2.75) is 70.3 Å². The van der Waals surface area contributed by atoms with E-state index < -0.39 is 0 Å². The van der Waals surface area contributed by atoms with Crippen LogP contribution in [0, 0.1) is 11.8 Å². The maximum absolute atomic E-state index is 12.5. The molecule has 4 rings (SSSR count). The summed E-state index contributed by atoms with van der Waals surface area (Å²) < 4.78 is 1.91. The first-order valence-corrected chi connectivity index (χ1v) is 10.3. The number of hydrogen-bond donors (Lipinski definition) is 1. The highest BCUT2D eigenvalue weighted by Crippen LogP contribution is 2.38. The Labute approximate surface area is 159 Å². The smallest absolute Gasteiger partial charge is 0.233 e. The van der Waals surface area contributed by atoms with Crippen molar-refractivity contribution in [3.8, 4) is 0 Å². The van der Waals surface area contributed by atoms with Crippen molar-refractivity contribution >= 4 is 23.5 Å². The molecule has 0 spiro atoms. The van der Waals surface area contributed by atoms with Gasteiger partial charge in [-0.15, -0.1) is 0 Å². The first-order valence-electron chi connectivity index (χ1n) is 10.3. The summed E-state index contributed by atoms with van der Waals surface area (Å²) in [4.78, 5) is 38.7. The number of imide groups is 1. The van der Waals surface area contributed by atoms with Crippen LogP contribution in [0.3, 0.4) is 0 Å². The van der Waals surface area contributed by atoms with Gasteiger partial charge in [-0.1, -0.05) is 32.1 Å². The molecule has 2 heterocycles. The number of hydrogen-bond acceptors (Lipinski definition) is 4. The van der Waals surface area contributed by atoms with Gasteiger partial charge in [-0.25, -0.2) is 4.68 Å². The predicted octanol–water partition coefficient (Wildman–Crippen LogP) is 2.89. The quantitative estimate of drug-likeness (QED) is 0.806. The topological polar surface area (TPSA) is 84.3 Å². The van der Waals surface area contributed by atoms with E-state index in [2.05, 4.69) is 10.4 Å². The predicted molar refractivity (Wildman–Crippen MR) is 99.8 cm³/mol. The summed E-state index contributed by atoms with van der Waals surface area (Å²) in [5.41, 5.74) is 0. The first kappa shape index (κ1) is 18.2. The molecular formula is C20H28N4O3. The van der Waals surface area contributed by atoms with E-state index in [1.807, 2.05) is 10.7 Å². The molecule has 3 aliphatic rings. The minimum atomic E-state index is -0.178. The number of carbonyl (C=O) groups excluding carboxylic acids is 3. The Hall–Kier alpha value is -2.18. The van der Waals surface area contributed by atoms with E-state index in [1.165, 1.54) is 24.2 Å². The Kier molecular flexibility index (Phi) is 5.27. The molecule has 1 aromatic rings. The maximum atomic E-state index is 12.5. The van der Waals surface area contributed by atoms with Crippen LogP contribution in [-0.4, -0.2) is 38.9 Å². The van der Waals surface area contributed by atoms with E-state index >= 15 is 0 Å². The van der Waals surface area contributed by atoms with Crippen LogP contribution in [0.1, 0.15) is 70.3 Å². The molecule has 7 heteroatoms. The van der Waals surface area contributed by atoms with Gasteiger partial charge in [0.05, 0.1) is 24.1 Å². The lowest BCUT2D eigenvalue weighted by atomic mass is 9.81. The Morgan fingerprint density at radius 1 is 1.00 bits per heavy atom. The van der Waals surface area contributed by atoms with Gasteiger partial charge in [0.1, 0.15) is 5.82 Å². The van der Waals surface area contributed by atoms with Crippen molar-refractivity contribution in [2.75, 3.05) is 11.9 Å². The highest BCUT2D eigenvalue weighted by Gasteiger charge is 2.47. The van der Waals surface area contributed by atoms with E-state index in [4.69, 9.17) is 0 Å². The second-order valence-corrected chi connectivity index (χ2v) is 8.08. The fourth-order valence-corrected chi connectivity index (χ4v) is 4.90. The second kappa shape index (κ2) is 7.82. The third kappa shape index (κ3) is 3.64. The van der Waals surface area contributed by atoms with E-state index in [9.17, 15) is 14.4 Å². The Bertz CT molecular complexity index is 699. The van der Waals surface area contributed by atoms with E-state index in [-0.39, 0.29) is 42.5 Å². The summed E-state index contributed by atoms with van der Waals surface area (Å²) >= 11 is 0. The van der Waals surface area contributed by atoms with Gasteiger partial charge < -0.3 is 5.32 Å². The number of fused-ring (bicyclic) bond motifs is 1. The first-order chi connectivity index (χ1) is 13.1. The number of carbonyl (C=O) groups is 3. The Morgan fingerprint density at radius 2 is 1.63 bits per heavy atom. The van der Waals surface area contributed by atoms with Crippen LogP contribution in [0.2, 0.25) is 0 Å². The molecule has 2 unspecified atom stereocenters. The molecule has 0 radical (unpaired) electrons. The Morgan fingerprint density at radius 3 is 2.30 bits per heavy atom. The van der Waals surface area contributed by atoms with Crippen molar-refractivity contribution < 1.29 is 14.4 Å². The van der Waals surface area contributed by atoms with Crippen LogP contribution < -0.4 is 5.32 Å². The lowest BCUT2D eigenvalue weighted by molar-refractivity contribution is -0.140. The molecule has 146 valence electrons. The number of likely N-dealkylation sites (tertiary alicyclic amines) is 1. The molecule has 0 bridgehead atoms. The number of nitrogens with zero attached hydrogens (tertiary/aromatic N) is 3. The third-order valence-electron chi connectivity index (χ3n) is 6.35. The van der Waals surface area contributed by atoms with Gasteiger partial charge in [0.15, 0.2) is 0 Å². The van der Waals surface area contributed by atoms with Crippen LogP contribution in [0.25, 0.3) is 0 Å². The maximum Gasteiger partial charge on any atom is 0.233 e. The fraction of sp³-hybridized carbons (Fsp3) is 0.700. The second-order valence-electron chi connectivity index (χ2n) is 8.08. The average molecular weight is 372 g/mol. The minimum Gasteiger partial charge on any atom is -0.311 e. The SMILES string of the molecule is O=C(CCN1C(=O)C2CCCCC2C1=O)Nc1ccnn1C1CCCCC1. The zero-order valence-electron chi connectivity index (χ0n) is 15.7. The number of nitrogens with one attached hydrogen (secondary N) is 1. The number of aromatic nitrogens is 2. The molecule has 1 saturated heterocycles. The fourth-order valence-electron chi connectivity index (χ4n) is 4.90. The third-order valence-corrected chi connectivity index (χ3v) is 6.35. The number of rotatable bonds is 5. The average Bonchev–Trinajstić information content (AvgIpc) is 3.25. The van der Waals surface area contributed by atoms with Crippen LogP contribution >= 0.6 is 0 Å². The van der Waals surface area contributed by atoms with Gasteiger partial charge in [-0.05, 0) is 25.7 Å². The number of amides is 3. The van der Waals surface area contributed by atoms with Crippen molar-refractivity contribution in [2.24, 2.45) is 11.8 Å². The largest absolute Gasteiger partial charge is 0.311 e. The van der Waals surface area contributed by atoms with Gasteiger partial charge in [-0.3, -0.25) is 19.3 Å². The van der Waals surface area contributed by atoms with Crippen molar-refractivity contribution in [1.29, 1.82) is 0 Å². The van der Waals surface area contributed by atoms with Crippen molar-refractivity contribution in [3.05, 3.63) is 12.3 Å². The standard InChI is InChI=1S/C20H28N4O3/c25-18(22-17-10-12-21-24(17)14-6-2-1-3-7-14)11-13-23-19(26)15-8-4-5-9-16(15)20(23)27/h10,12,14-16H,1-9,11,13H2,(H,22,25). The van der Waals surface area contributed by atoms with E-state index in [0.717, 1.165) is 38.5 Å². The summed E-state index contributed by atoms with van der Waals surface area (Å²) in [5.74, 6) is 0.0706. The lowest BCUT2D eigenvalue weighted by Crippen LogP contribution is -2.34. The van der Waals surface area contributed by atoms with E-state index in [1.54, 1.807) is 6.20 Å².